The number of benzene rings is 1. The molecule has 3 aromatic rings. The van der Waals surface area contributed by atoms with Gasteiger partial charge in [0.1, 0.15) is 5.69 Å². The van der Waals surface area contributed by atoms with Gasteiger partial charge < -0.3 is 9.47 Å². The third-order valence-electron chi connectivity index (χ3n) is 4.25. The molecule has 0 bridgehead atoms. The second kappa shape index (κ2) is 6.25. The highest BCUT2D eigenvalue weighted by molar-refractivity contribution is 6.30. The normalized spacial score (nSPS) is 13.6. The minimum Gasteiger partial charge on any atom is -0.329 e. The lowest BCUT2D eigenvalue weighted by Gasteiger charge is -2.28. The van der Waals surface area contributed by atoms with Crippen LogP contribution < -0.4 is 0 Å². The summed E-state index contributed by atoms with van der Waals surface area (Å²) in [6.07, 6.45) is 4.90. The Labute approximate surface area is 149 Å². The monoisotopic (exact) mass is 354 g/mol. The molecule has 1 aliphatic heterocycles. The number of carbonyl (C=O) groups excluding carboxylic acids is 1. The zero-order valence-corrected chi connectivity index (χ0v) is 14.3. The first-order valence-electron chi connectivity index (χ1n) is 7.87. The minimum absolute atomic E-state index is 0.0236. The molecule has 0 saturated heterocycles. The molecule has 8 heteroatoms. The van der Waals surface area contributed by atoms with Crippen LogP contribution in [0.2, 0.25) is 5.02 Å². The maximum atomic E-state index is 12.8. The highest BCUT2D eigenvalue weighted by Crippen LogP contribution is 2.22. The van der Waals surface area contributed by atoms with Crippen LogP contribution in [0.1, 0.15) is 21.7 Å². The second-order valence-corrected chi connectivity index (χ2v) is 6.30. The molecule has 1 aromatic carbocycles. The molecular weight excluding hydrogens is 340 g/mol. The van der Waals surface area contributed by atoms with Crippen molar-refractivity contribution in [1.82, 2.24) is 29.6 Å². The fourth-order valence-corrected chi connectivity index (χ4v) is 3.20. The molecule has 0 atom stereocenters. The highest BCUT2D eigenvalue weighted by Gasteiger charge is 2.26. The first kappa shape index (κ1) is 15.7. The SMILES string of the molecule is Cc1cc(Cl)ccc1C(=O)N1CCn2c(nnc2-c2cnccn2)C1. The quantitative estimate of drug-likeness (QED) is 0.706. The number of aromatic nitrogens is 5. The highest BCUT2D eigenvalue weighted by atomic mass is 35.5. The van der Waals surface area contributed by atoms with E-state index in [1.54, 1.807) is 41.7 Å². The largest absolute Gasteiger partial charge is 0.329 e. The predicted octanol–water partition coefficient (Wildman–Crippen LogP) is 2.35. The number of amides is 1. The summed E-state index contributed by atoms with van der Waals surface area (Å²) in [6.45, 7) is 3.50. The first-order chi connectivity index (χ1) is 12.1. The van der Waals surface area contributed by atoms with E-state index in [9.17, 15) is 4.79 Å². The molecule has 4 rings (SSSR count). The van der Waals surface area contributed by atoms with Gasteiger partial charge >= 0.3 is 0 Å². The topological polar surface area (TPSA) is 76.8 Å². The van der Waals surface area contributed by atoms with Crippen molar-refractivity contribution in [3.05, 3.63) is 58.8 Å². The third-order valence-corrected chi connectivity index (χ3v) is 4.49. The standard InChI is InChI=1S/C17H15ClN6O/c1-11-8-12(18)2-3-13(11)17(25)23-6-7-24-15(10-23)21-22-16(24)14-9-19-4-5-20-14/h2-5,8-9H,6-7,10H2,1H3. The molecule has 0 radical (unpaired) electrons. The lowest BCUT2D eigenvalue weighted by Crippen LogP contribution is -2.38. The molecule has 0 fully saturated rings. The number of aryl methyl sites for hydroxylation is 1. The van der Waals surface area contributed by atoms with Crippen molar-refractivity contribution in [3.8, 4) is 11.5 Å². The van der Waals surface area contributed by atoms with Gasteiger partial charge in [0.15, 0.2) is 11.6 Å². The van der Waals surface area contributed by atoms with Crippen LogP contribution in [0.3, 0.4) is 0 Å². The average Bonchev–Trinajstić information content (AvgIpc) is 3.05. The lowest BCUT2D eigenvalue weighted by atomic mass is 10.1. The van der Waals surface area contributed by atoms with Crippen LogP contribution in [0.15, 0.2) is 36.8 Å². The van der Waals surface area contributed by atoms with E-state index in [1.165, 1.54) is 0 Å². The summed E-state index contributed by atoms with van der Waals surface area (Å²) in [5.74, 6) is 1.40. The van der Waals surface area contributed by atoms with Gasteiger partial charge in [-0.3, -0.25) is 9.78 Å². The summed E-state index contributed by atoms with van der Waals surface area (Å²) in [6, 6.07) is 5.30. The summed E-state index contributed by atoms with van der Waals surface area (Å²) in [5.41, 5.74) is 2.20. The number of fused-ring (bicyclic) bond motifs is 1. The van der Waals surface area contributed by atoms with Crippen LogP contribution in [0.25, 0.3) is 11.5 Å². The van der Waals surface area contributed by atoms with Crippen molar-refractivity contribution in [2.45, 2.75) is 20.0 Å². The molecule has 3 heterocycles. The molecule has 25 heavy (non-hydrogen) atoms. The summed E-state index contributed by atoms with van der Waals surface area (Å²) in [7, 11) is 0. The smallest absolute Gasteiger partial charge is 0.254 e. The van der Waals surface area contributed by atoms with E-state index >= 15 is 0 Å². The molecule has 126 valence electrons. The predicted molar refractivity (Wildman–Crippen MR) is 92.0 cm³/mol. The summed E-state index contributed by atoms with van der Waals surface area (Å²) in [5, 5.41) is 9.07. The zero-order chi connectivity index (χ0) is 17.4. The number of nitrogens with zero attached hydrogens (tertiary/aromatic N) is 6. The van der Waals surface area contributed by atoms with Gasteiger partial charge in [0.25, 0.3) is 5.91 Å². The number of hydrogen-bond donors (Lipinski definition) is 0. The summed E-state index contributed by atoms with van der Waals surface area (Å²) in [4.78, 5) is 22.9. The molecular formula is C17H15ClN6O. The number of halogens is 1. The summed E-state index contributed by atoms with van der Waals surface area (Å²) < 4.78 is 1.99. The van der Waals surface area contributed by atoms with Gasteiger partial charge in [0.05, 0.1) is 12.7 Å². The van der Waals surface area contributed by atoms with Crippen LogP contribution >= 0.6 is 11.6 Å². The van der Waals surface area contributed by atoms with Crippen molar-refractivity contribution in [1.29, 1.82) is 0 Å². The fraction of sp³-hybridized carbons (Fsp3) is 0.235. The second-order valence-electron chi connectivity index (χ2n) is 5.87. The molecule has 2 aromatic heterocycles. The minimum atomic E-state index is -0.0236. The van der Waals surface area contributed by atoms with Crippen molar-refractivity contribution in [2.75, 3.05) is 6.54 Å². The Morgan fingerprint density at radius 1 is 1.20 bits per heavy atom. The molecule has 0 spiro atoms. The van der Waals surface area contributed by atoms with E-state index < -0.39 is 0 Å². The third kappa shape index (κ3) is 2.87. The zero-order valence-electron chi connectivity index (χ0n) is 13.6. The molecule has 1 amide bonds. The maximum absolute atomic E-state index is 12.8. The van der Waals surface area contributed by atoms with Gasteiger partial charge in [-0.05, 0) is 30.7 Å². The number of carbonyl (C=O) groups is 1. The van der Waals surface area contributed by atoms with Gasteiger partial charge in [-0.2, -0.15) is 0 Å². The van der Waals surface area contributed by atoms with E-state index in [4.69, 9.17) is 11.6 Å². The van der Waals surface area contributed by atoms with Crippen LogP contribution in [-0.2, 0) is 13.1 Å². The molecule has 1 aliphatic rings. The Bertz CT molecular complexity index is 940. The molecule has 0 N–H and O–H groups in total. The van der Waals surface area contributed by atoms with Crippen molar-refractivity contribution in [3.63, 3.8) is 0 Å². The number of hydrogen-bond acceptors (Lipinski definition) is 5. The Morgan fingerprint density at radius 2 is 2.08 bits per heavy atom. The van der Waals surface area contributed by atoms with Gasteiger partial charge in [-0.25, -0.2) is 4.98 Å². The molecule has 7 nitrogen and oxygen atoms in total. The Balaban J connectivity index is 1.60. The van der Waals surface area contributed by atoms with Gasteiger partial charge in [-0.1, -0.05) is 11.6 Å². The molecule has 0 unspecified atom stereocenters. The van der Waals surface area contributed by atoms with Crippen molar-refractivity contribution < 1.29 is 4.79 Å². The van der Waals surface area contributed by atoms with Gasteiger partial charge in [0.2, 0.25) is 0 Å². The van der Waals surface area contributed by atoms with E-state index in [0.29, 0.717) is 41.7 Å². The maximum Gasteiger partial charge on any atom is 0.254 e. The van der Waals surface area contributed by atoms with Crippen molar-refractivity contribution in [2.24, 2.45) is 0 Å². The summed E-state index contributed by atoms with van der Waals surface area (Å²) >= 11 is 5.98. The Morgan fingerprint density at radius 3 is 2.84 bits per heavy atom. The van der Waals surface area contributed by atoms with E-state index in [-0.39, 0.29) is 5.91 Å². The van der Waals surface area contributed by atoms with Crippen LogP contribution in [-0.4, -0.2) is 42.1 Å². The molecule has 0 aliphatic carbocycles. The van der Waals surface area contributed by atoms with Crippen LogP contribution in [0.5, 0.6) is 0 Å². The number of rotatable bonds is 2. The Hall–Kier alpha value is -2.80. The Kier molecular flexibility index (Phi) is 3.93. The van der Waals surface area contributed by atoms with Crippen molar-refractivity contribution >= 4 is 17.5 Å². The van der Waals surface area contributed by atoms with Gasteiger partial charge in [-0.15, -0.1) is 10.2 Å². The average molecular weight is 355 g/mol. The van der Waals surface area contributed by atoms with Gasteiger partial charge in [0, 0.05) is 36.1 Å². The lowest BCUT2D eigenvalue weighted by molar-refractivity contribution is 0.0707. The molecule has 0 saturated carbocycles. The van der Waals surface area contributed by atoms with E-state index in [0.717, 1.165) is 11.4 Å². The van der Waals surface area contributed by atoms with Crippen LogP contribution in [0.4, 0.5) is 0 Å². The van der Waals surface area contributed by atoms with Crippen LogP contribution in [0, 0.1) is 6.92 Å². The first-order valence-corrected chi connectivity index (χ1v) is 8.25. The van der Waals surface area contributed by atoms with E-state index in [2.05, 4.69) is 20.2 Å². The fourth-order valence-electron chi connectivity index (χ4n) is 2.97. The van der Waals surface area contributed by atoms with E-state index in [1.807, 2.05) is 11.5 Å².